The Bertz CT molecular complexity index is 230. The smallest absolute Gasteiger partial charge is 0.125 e. The number of allylic oxidation sites excluding steroid dienone is 2. The Morgan fingerprint density at radius 1 is 1.43 bits per heavy atom. The zero-order chi connectivity index (χ0) is 10.4. The van der Waals surface area contributed by atoms with Crippen molar-refractivity contribution in [3.8, 4) is 0 Å². The van der Waals surface area contributed by atoms with Gasteiger partial charge in [0.2, 0.25) is 0 Å². The highest BCUT2D eigenvalue weighted by Crippen LogP contribution is 2.29. The van der Waals surface area contributed by atoms with Gasteiger partial charge in [0, 0.05) is 6.42 Å². The Balaban J connectivity index is 2.59. The van der Waals surface area contributed by atoms with Crippen LogP contribution < -0.4 is 0 Å². The van der Waals surface area contributed by atoms with Crippen LogP contribution in [-0.2, 0) is 4.89 Å². The lowest BCUT2D eigenvalue weighted by Crippen LogP contribution is -2.29. The highest BCUT2D eigenvalue weighted by Gasteiger charge is 2.28. The molecule has 0 amide bonds. The molecule has 0 saturated heterocycles. The summed E-state index contributed by atoms with van der Waals surface area (Å²) in [6.45, 7) is 4.27. The summed E-state index contributed by atoms with van der Waals surface area (Å²) in [6, 6.07) is 0. The second kappa shape index (κ2) is 5.32. The Morgan fingerprint density at radius 2 is 2.21 bits per heavy atom. The van der Waals surface area contributed by atoms with E-state index in [9.17, 15) is 0 Å². The van der Waals surface area contributed by atoms with E-state index in [2.05, 4.69) is 30.9 Å². The van der Waals surface area contributed by atoms with Gasteiger partial charge in [0.1, 0.15) is 5.60 Å². The van der Waals surface area contributed by atoms with Crippen LogP contribution in [0.2, 0.25) is 0 Å². The van der Waals surface area contributed by atoms with Crippen LogP contribution in [0.1, 0.15) is 46.0 Å². The highest BCUT2D eigenvalue weighted by molar-refractivity contribution is 5.27. The summed E-state index contributed by atoms with van der Waals surface area (Å²) in [7, 11) is 0. The second-order valence-electron chi connectivity index (χ2n) is 3.97. The van der Waals surface area contributed by atoms with E-state index in [-0.39, 0.29) is 0 Å². The van der Waals surface area contributed by atoms with Crippen LogP contribution in [0.4, 0.5) is 0 Å². The van der Waals surface area contributed by atoms with Gasteiger partial charge in [-0.3, -0.25) is 5.26 Å². The molecule has 0 fully saturated rings. The maximum Gasteiger partial charge on any atom is 0.125 e. The first-order chi connectivity index (χ1) is 6.76. The number of rotatable bonds is 5. The van der Waals surface area contributed by atoms with Crippen molar-refractivity contribution in [3.63, 3.8) is 0 Å². The summed E-state index contributed by atoms with van der Waals surface area (Å²) < 4.78 is 0. The summed E-state index contributed by atoms with van der Waals surface area (Å²) in [5.74, 6) is 0. The van der Waals surface area contributed by atoms with Gasteiger partial charge in [-0.2, -0.15) is 0 Å². The van der Waals surface area contributed by atoms with Crippen LogP contribution in [-0.4, -0.2) is 10.9 Å². The predicted octanol–water partition coefficient (Wildman–Crippen LogP) is 3.70. The number of hydrogen-bond acceptors (Lipinski definition) is 2. The SMILES string of the molecule is CCCC1=CCC(CCC)(OO)C=C1. The lowest BCUT2D eigenvalue weighted by molar-refractivity contribution is -0.308. The van der Waals surface area contributed by atoms with E-state index in [0.717, 1.165) is 32.1 Å². The summed E-state index contributed by atoms with van der Waals surface area (Å²) >= 11 is 0. The molecular formula is C12H20O2. The fourth-order valence-electron chi connectivity index (χ4n) is 1.89. The zero-order valence-corrected chi connectivity index (χ0v) is 9.12. The van der Waals surface area contributed by atoms with Crippen molar-refractivity contribution in [3.05, 3.63) is 23.8 Å². The molecule has 1 aliphatic rings. The van der Waals surface area contributed by atoms with Crippen molar-refractivity contribution < 1.29 is 10.1 Å². The molecule has 0 spiro atoms. The van der Waals surface area contributed by atoms with Gasteiger partial charge >= 0.3 is 0 Å². The molecule has 1 unspecified atom stereocenters. The lowest BCUT2D eigenvalue weighted by Gasteiger charge is -2.28. The average Bonchev–Trinajstić information content (AvgIpc) is 2.22. The molecule has 0 saturated carbocycles. The summed E-state index contributed by atoms with van der Waals surface area (Å²) in [6.07, 6.45) is 11.2. The van der Waals surface area contributed by atoms with E-state index in [1.807, 2.05) is 6.08 Å². The first-order valence-electron chi connectivity index (χ1n) is 5.47. The second-order valence-corrected chi connectivity index (χ2v) is 3.97. The normalized spacial score (nSPS) is 26.4. The molecule has 0 aromatic heterocycles. The van der Waals surface area contributed by atoms with E-state index in [4.69, 9.17) is 5.26 Å². The minimum absolute atomic E-state index is 0.452. The lowest BCUT2D eigenvalue weighted by atomic mass is 9.87. The minimum atomic E-state index is -0.452. The maximum absolute atomic E-state index is 8.91. The van der Waals surface area contributed by atoms with Crippen LogP contribution in [0, 0.1) is 0 Å². The Labute approximate surface area is 86.2 Å². The van der Waals surface area contributed by atoms with Crippen LogP contribution in [0.5, 0.6) is 0 Å². The minimum Gasteiger partial charge on any atom is -0.251 e. The molecular weight excluding hydrogens is 176 g/mol. The van der Waals surface area contributed by atoms with E-state index < -0.39 is 5.60 Å². The predicted molar refractivity (Wildman–Crippen MR) is 58.1 cm³/mol. The van der Waals surface area contributed by atoms with Gasteiger partial charge in [0.25, 0.3) is 0 Å². The van der Waals surface area contributed by atoms with Crippen LogP contribution >= 0.6 is 0 Å². The monoisotopic (exact) mass is 196 g/mol. The molecule has 0 radical (unpaired) electrons. The van der Waals surface area contributed by atoms with E-state index in [1.165, 1.54) is 5.57 Å². The van der Waals surface area contributed by atoms with Crippen molar-refractivity contribution in [1.29, 1.82) is 0 Å². The quantitative estimate of drug-likeness (QED) is 0.536. The Kier molecular flexibility index (Phi) is 4.36. The van der Waals surface area contributed by atoms with Gasteiger partial charge < -0.3 is 0 Å². The molecule has 0 aliphatic heterocycles. The molecule has 80 valence electrons. The van der Waals surface area contributed by atoms with Gasteiger partial charge in [0.15, 0.2) is 0 Å². The summed E-state index contributed by atoms with van der Waals surface area (Å²) in [5, 5.41) is 8.91. The van der Waals surface area contributed by atoms with Crippen LogP contribution in [0.15, 0.2) is 23.8 Å². The van der Waals surface area contributed by atoms with Gasteiger partial charge in [0.05, 0.1) is 0 Å². The first kappa shape index (κ1) is 11.5. The largest absolute Gasteiger partial charge is 0.251 e. The molecule has 1 aliphatic carbocycles. The van der Waals surface area contributed by atoms with E-state index in [1.54, 1.807) is 0 Å². The van der Waals surface area contributed by atoms with E-state index in [0.29, 0.717) is 0 Å². The third kappa shape index (κ3) is 2.69. The summed E-state index contributed by atoms with van der Waals surface area (Å²) in [4.78, 5) is 4.61. The van der Waals surface area contributed by atoms with Crippen molar-refractivity contribution >= 4 is 0 Å². The maximum atomic E-state index is 8.91. The third-order valence-corrected chi connectivity index (χ3v) is 2.70. The Morgan fingerprint density at radius 3 is 2.64 bits per heavy atom. The van der Waals surface area contributed by atoms with Crippen LogP contribution in [0.3, 0.4) is 0 Å². The summed E-state index contributed by atoms with van der Waals surface area (Å²) in [5.41, 5.74) is 0.905. The zero-order valence-electron chi connectivity index (χ0n) is 9.12. The Hall–Kier alpha value is -0.600. The molecule has 1 atom stereocenters. The molecule has 2 nitrogen and oxygen atoms in total. The van der Waals surface area contributed by atoms with Gasteiger partial charge in [-0.15, -0.1) is 0 Å². The third-order valence-electron chi connectivity index (χ3n) is 2.70. The molecule has 14 heavy (non-hydrogen) atoms. The molecule has 0 heterocycles. The van der Waals surface area contributed by atoms with Crippen molar-refractivity contribution in [2.24, 2.45) is 0 Å². The van der Waals surface area contributed by atoms with Gasteiger partial charge in [-0.25, -0.2) is 4.89 Å². The van der Waals surface area contributed by atoms with Crippen molar-refractivity contribution in [2.75, 3.05) is 0 Å². The molecule has 0 aromatic carbocycles. The fraction of sp³-hybridized carbons (Fsp3) is 0.667. The molecule has 1 rings (SSSR count). The van der Waals surface area contributed by atoms with Crippen molar-refractivity contribution in [2.45, 2.75) is 51.6 Å². The topological polar surface area (TPSA) is 29.5 Å². The van der Waals surface area contributed by atoms with E-state index >= 15 is 0 Å². The number of hydrogen-bond donors (Lipinski definition) is 1. The molecule has 2 heteroatoms. The van der Waals surface area contributed by atoms with Crippen LogP contribution in [0.25, 0.3) is 0 Å². The van der Waals surface area contributed by atoms with Crippen molar-refractivity contribution in [1.82, 2.24) is 0 Å². The van der Waals surface area contributed by atoms with Gasteiger partial charge in [-0.05, 0) is 18.9 Å². The first-order valence-corrected chi connectivity index (χ1v) is 5.47. The molecule has 0 bridgehead atoms. The average molecular weight is 196 g/mol. The standard InChI is InChI=1S/C12H20O2/c1-3-5-11-6-9-12(14-13,8-4-2)10-7-11/h6-7,9,13H,3-5,8,10H2,1-2H3. The fourth-order valence-corrected chi connectivity index (χ4v) is 1.89. The molecule has 1 N–H and O–H groups in total. The highest BCUT2D eigenvalue weighted by atomic mass is 17.1. The van der Waals surface area contributed by atoms with Gasteiger partial charge in [-0.1, -0.05) is 44.4 Å². The molecule has 0 aromatic rings.